The van der Waals surface area contributed by atoms with Gasteiger partial charge in [-0.05, 0) is 31.4 Å². The molecule has 2 N–H and O–H groups in total. The lowest BCUT2D eigenvalue weighted by Crippen LogP contribution is -2.33. The van der Waals surface area contributed by atoms with Crippen molar-refractivity contribution < 1.29 is 18.9 Å². The zero-order chi connectivity index (χ0) is 21.8. The van der Waals surface area contributed by atoms with Crippen LogP contribution >= 0.6 is 24.0 Å². The molecule has 0 amide bonds. The monoisotopic (exact) mass is 571 g/mol. The maximum Gasteiger partial charge on any atom is 0.195 e. The average Bonchev–Trinajstić information content (AvgIpc) is 3.47. The minimum absolute atomic E-state index is 0. The number of guanidine groups is 1. The van der Waals surface area contributed by atoms with E-state index in [4.69, 9.17) is 23.9 Å². The first-order valence-corrected chi connectivity index (χ1v) is 11.5. The first-order chi connectivity index (χ1) is 15.9. The smallest absolute Gasteiger partial charge is 0.195 e. The Labute approximate surface area is 212 Å². The van der Waals surface area contributed by atoms with Crippen molar-refractivity contribution in [3.05, 3.63) is 36.9 Å². The van der Waals surface area contributed by atoms with E-state index in [-0.39, 0.29) is 30.1 Å². The van der Waals surface area contributed by atoms with Crippen molar-refractivity contribution in [2.75, 3.05) is 51.4 Å². The Bertz CT molecular complexity index is 843. The van der Waals surface area contributed by atoms with Crippen LogP contribution < -0.4 is 20.1 Å². The lowest BCUT2D eigenvalue weighted by Gasteiger charge is -2.15. The molecule has 0 aliphatic carbocycles. The van der Waals surface area contributed by atoms with Gasteiger partial charge in [-0.3, -0.25) is 4.99 Å². The first-order valence-electron chi connectivity index (χ1n) is 11.5. The van der Waals surface area contributed by atoms with Crippen LogP contribution in [0.4, 0.5) is 5.69 Å². The topological polar surface area (TPSA) is 91.2 Å². The zero-order valence-electron chi connectivity index (χ0n) is 18.9. The molecule has 10 heteroatoms. The maximum absolute atomic E-state index is 5.81. The van der Waals surface area contributed by atoms with Crippen LogP contribution in [-0.2, 0) is 16.0 Å². The van der Waals surface area contributed by atoms with E-state index in [0.29, 0.717) is 33.0 Å². The number of hydrogen-bond acceptors (Lipinski definition) is 6. The van der Waals surface area contributed by atoms with Gasteiger partial charge in [-0.25, -0.2) is 4.98 Å². The van der Waals surface area contributed by atoms with Gasteiger partial charge in [0.25, 0.3) is 0 Å². The largest absolute Gasteiger partial charge is 0.490 e. The van der Waals surface area contributed by atoms with Gasteiger partial charge in [-0.1, -0.05) is 0 Å². The van der Waals surface area contributed by atoms with Gasteiger partial charge in [0.05, 0.1) is 32.3 Å². The van der Waals surface area contributed by atoms with E-state index in [1.165, 1.54) is 0 Å². The van der Waals surface area contributed by atoms with Crippen LogP contribution in [0.2, 0.25) is 0 Å². The molecule has 1 atom stereocenters. The number of rotatable bonds is 10. The van der Waals surface area contributed by atoms with Crippen LogP contribution in [0.5, 0.6) is 11.5 Å². The van der Waals surface area contributed by atoms with E-state index in [1.807, 2.05) is 29.0 Å². The second-order valence-corrected chi connectivity index (χ2v) is 7.86. The molecule has 9 nitrogen and oxygen atoms in total. The van der Waals surface area contributed by atoms with Crippen LogP contribution in [0, 0.1) is 0 Å². The van der Waals surface area contributed by atoms with E-state index in [2.05, 4.69) is 15.6 Å². The second kappa shape index (κ2) is 14.3. The number of halogens is 1. The number of ether oxygens (including phenoxy) is 4. The number of imidazole rings is 1. The predicted molar refractivity (Wildman–Crippen MR) is 138 cm³/mol. The van der Waals surface area contributed by atoms with Gasteiger partial charge < -0.3 is 34.1 Å². The highest BCUT2D eigenvalue weighted by atomic mass is 127. The van der Waals surface area contributed by atoms with Gasteiger partial charge in [0.1, 0.15) is 0 Å². The molecule has 0 bridgehead atoms. The highest BCUT2D eigenvalue weighted by Gasteiger charge is 2.15. The Morgan fingerprint density at radius 2 is 2.09 bits per heavy atom. The molecule has 33 heavy (non-hydrogen) atoms. The molecule has 0 saturated carbocycles. The lowest BCUT2D eigenvalue weighted by atomic mass is 10.2. The molecule has 0 spiro atoms. The molecule has 0 radical (unpaired) electrons. The van der Waals surface area contributed by atoms with Crippen molar-refractivity contribution in [3.63, 3.8) is 0 Å². The van der Waals surface area contributed by atoms with Crippen LogP contribution in [0.3, 0.4) is 0 Å². The standard InChI is InChI=1S/C23H33N5O4.HI/c1-4-20(30-13-1)17-29-12-2-7-25-23(26-9-11-28-10-8-24-18-28)27-19-5-6-21-22(16-19)32-15-3-14-31-21;/h5-6,8,10,16,18,20H,1-4,7,9,11-15,17H2,(H2,25,26,27);1H. The van der Waals surface area contributed by atoms with Crippen molar-refractivity contribution >= 4 is 35.6 Å². The highest BCUT2D eigenvalue weighted by Crippen LogP contribution is 2.32. The van der Waals surface area contributed by atoms with Crippen molar-refractivity contribution in [1.29, 1.82) is 0 Å². The molecule has 2 aromatic rings. The van der Waals surface area contributed by atoms with Gasteiger partial charge >= 0.3 is 0 Å². The number of aliphatic imine (C=N–C) groups is 1. The summed E-state index contributed by atoms with van der Waals surface area (Å²) in [6.07, 6.45) is 9.77. The quantitative estimate of drug-likeness (QED) is 0.196. The van der Waals surface area contributed by atoms with E-state index in [9.17, 15) is 0 Å². The van der Waals surface area contributed by atoms with E-state index in [1.54, 1.807) is 12.5 Å². The molecule has 2 aliphatic heterocycles. The second-order valence-electron chi connectivity index (χ2n) is 7.86. The summed E-state index contributed by atoms with van der Waals surface area (Å²) < 4.78 is 24.9. The number of benzene rings is 1. The third kappa shape index (κ3) is 8.67. The Kier molecular flexibility index (Phi) is 11.1. The van der Waals surface area contributed by atoms with E-state index in [0.717, 1.165) is 68.5 Å². The molecule has 1 aromatic heterocycles. The summed E-state index contributed by atoms with van der Waals surface area (Å²) in [5.74, 6) is 2.26. The van der Waals surface area contributed by atoms with Crippen molar-refractivity contribution in [1.82, 2.24) is 14.9 Å². The molecular weight excluding hydrogens is 537 g/mol. The fourth-order valence-electron chi connectivity index (χ4n) is 3.59. The summed E-state index contributed by atoms with van der Waals surface area (Å²) in [7, 11) is 0. The van der Waals surface area contributed by atoms with Gasteiger partial charge in [0.15, 0.2) is 17.5 Å². The third-order valence-corrected chi connectivity index (χ3v) is 5.28. The third-order valence-electron chi connectivity index (χ3n) is 5.28. The number of anilines is 1. The molecule has 1 saturated heterocycles. The van der Waals surface area contributed by atoms with Crippen molar-refractivity contribution in [3.8, 4) is 11.5 Å². The zero-order valence-corrected chi connectivity index (χ0v) is 21.2. The van der Waals surface area contributed by atoms with Crippen LogP contribution in [0.25, 0.3) is 0 Å². The summed E-state index contributed by atoms with van der Waals surface area (Å²) in [4.78, 5) is 8.81. The maximum atomic E-state index is 5.81. The molecule has 1 unspecified atom stereocenters. The highest BCUT2D eigenvalue weighted by molar-refractivity contribution is 14.0. The molecular formula is C23H34IN5O4. The molecule has 4 rings (SSSR count). The van der Waals surface area contributed by atoms with Crippen LogP contribution in [-0.4, -0.2) is 67.7 Å². The molecule has 3 heterocycles. The van der Waals surface area contributed by atoms with E-state index < -0.39 is 0 Å². The Hall–Kier alpha value is -2.05. The molecule has 1 aromatic carbocycles. The molecule has 2 aliphatic rings. The minimum Gasteiger partial charge on any atom is -0.490 e. The summed E-state index contributed by atoms with van der Waals surface area (Å²) in [5, 5.41) is 6.77. The predicted octanol–water partition coefficient (Wildman–Crippen LogP) is 3.31. The Morgan fingerprint density at radius 1 is 1.18 bits per heavy atom. The van der Waals surface area contributed by atoms with Gasteiger partial charge in [0, 0.05) is 63.4 Å². The minimum atomic E-state index is 0. The fourth-order valence-corrected chi connectivity index (χ4v) is 3.59. The number of aromatic nitrogens is 2. The summed E-state index contributed by atoms with van der Waals surface area (Å²) in [6, 6.07) is 5.87. The Balaban J connectivity index is 0.00000306. The summed E-state index contributed by atoms with van der Waals surface area (Å²) >= 11 is 0. The van der Waals surface area contributed by atoms with Gasteiger partial charge in [0.2, 0.25) is 0 Å². The number of hydrogen-bond donors (Lipinski definition) is 2. The lowest BCUT2D eigenvalue weighted by molar-refractivity contribution is 0.0171. The van der Waals surface area contributed by atoms with Gasteiger partial charge in [-0.15, -0.1) is 24.0 Å². The molecule has 1 fully saturated rings. The number of nitrogens with zero attached hydrogens (tertiary/aromatic N) is 3. The summed E-state index contributed by atoms with van der Waals surface area (Å²) in [6.45, 7) is 5.73. The number of fused-ring (bicyclic) bond motifs is 1. The van der Waals surface area contributed by atoms with Crippen LogP contribution in [0.15, 0.2) is 41.9 Å². The normalized spacial score (nSPS) is 17.8. The summed E-state index contributed by atoms with van der Waals surface area (Å²) in [5.41, 5.74) is 0.901. The van der Waals surface area contributed by atoms with Crippen molar-refractivity contribution in [2.45, 2.75) is 38.3 Å². The van der Waals surface area contributed by atoms with Crippen LogP contribution in [0.1, 0.15) is 25.7 Å². The molecule has 182 valence electrons. The average molecular weight is 571 g/mol. The van der Waals surface area contributed by atoms with Crippen molar-refractivity contribution in [2.24, 2.45) is 4.99 Å². The number of nitrogens with one attached hydrogen (secondary N) is 2. The SMILES string of the molecule is I.c1cn(CCNC(=NCCCOCC2CCCO2)Nc2ccc3c(c2)OCCCO3)cn1. The first kappa shape index (κ1) is 25.6. The van der Waals surface area contributed by atoms with Gasteiger partial charge in [-0.2, -0.15) is 0 Å². The van der Waals surface area contributed by atoms with E-state index >= 15 is 0 Å². The Morgan fingerprint density at radius 3 is 2.91 bits per heavy atom. The fraction of sp³-hybridized carbons (Fsp3) is 0.565.